The molecule has 2 rings (SSSR count). The Morgan fingerprint density at radius 1 is 1.25 bits per heavy atom. The lowest BCUT2D eigenvalue weighted by molar-refractivity contribution is -0.120. The summed E-state index contributed by atoms with van der Waals surface area (Å²) >= 11 is 3.53. The SMILES string of the molecule is O=C(Cc1ccc(F)c(F)c1)NCC1(CBr)CCCC1. The predicted molar refractivity (Wildman–Crippen MR) is 77.8 cm³/mol. The number of rotatable bonds is 5. The highest BCUT2D eigenvalue weighted by Crippen LogP contribution is 2.38. The van der Waals surface area contributed by atoms with Crippen LogP contribution in [0.2, 0.25) is 0 Å². The summed E-state index contributed by atoms with van der Waals surface area (Å²) in [5, 5.41) is 3.79. The summed E-state index contributed by atoms with van der Waals surface area (Å²) in [7, 11) is 0. The monoisotopic (exact) mass is 345 g/mol. The zero-order valence-corrected chi connectivity index (χ0v) is 12.8. The van der Waals surface area contributed by atoms with Crippen molar-refractivity contribution in [2.45, 2.75) is 32.1 Å². The number of halogens is 3. The Morgan fingerprint density at radius 3 is 2.55 bits per heavy atom. The first-order valence-electron chi connectivity index (χ1n) is 6.81. The van der Waals surface area contributed by atoms with E-state index in [1.54, 1.807) is 0 Å². The molecule has 0 unspecified atom stereocenters. The van der Waals surface area contributed by atoms with Crippen LogP contribution in [0.25, 0.3) is 0 Å². The van der Waals surface area contributed by atoms with Crippen molar-refractivity contribution in [3.63, 3.8) is 0 Å². The van der Waals surface area contributed by atoms with E-state index in [0.717, 1.165) is 30.3 Å². The molecule has 0 radical (unpaired) electrons. The standard InChI is InChI=1S/C15H18BrF2NO/c16-9-15(5-1-2-6-15)10-19-14(20)8-11-3-4-12(17)13(18)7-11/h3-4,7H,1-2,5-6,8-10H2,(H,19,20). The van der Waals surface area contributed by atoms with Crippen molar-refractivity contribution >= 4 is 21.8 Å². The largest absolute Gasteiger partial charge is 0.355 e. The third-order valence-electron chi connectivity index (χ3n) is 3.96. The van der Waals surface area contributed by atoms with Gasteiger partial charge in [-0.3, -0.25) is 4.79 Å². The molecule has 20 heavy (non-hydrogen) atoms. The molecule has 0 aliphatic heterocycles. The van der Waals surface area contributed by atoms with Crippen LogP contribution in [0, 0.1) is 17.0 Å². The van der Waals surface area contributed by atoms with Gasteiger partial charge in [0, 0.05) is 11.9 Å². The maximum Gasteiger partial charge on any atom is 0.224 e. The average Bonchev–Trinajstić information content (AvgIpc) is 2.90. The van der Waals surface area contributed by atoms with Crippen LogP contribution in [0.1, 0.15) is 31.2 Å². The van der Waals surface area contributed by atoms with Crippen LogP contribution < -0.4 is 5.32 Å². The highest BCUT2D eigenvalue weighted by Gasteiger charge is 2.32. The number of carbonyl (C=O) groups is 1. The van der Waals surface area contributed by atoms with Crippen molar-refractivity contribution in [2.75, 3.05) is 11.9 Å². The molecule has 1 aliphatic carbocycles. The first-order valence-corrected chi connectivity index (χ1v) is 7.93. The quantitative estimate of drug-likeness (QED) is 0.812. The Balaban J connectivity index is 1.87. The van der Waals surface area contributed by atoms with E-state index in [9.17, 15) is 13.6 Å². The van der Waals surface area contributed by atoms with Gasteiger partial charge in [0.05, 0.1) is 6.42 Å². The van der Waals surface area contributed by atoms with Crippen LogP contribution in [-0.2, 0) is 11.2 Å². The lowest BCUT2D eigenvalue weighted by atomic mass is 9.89. The van der Waals surface area contributed by atoms with Crippen LogP contribution >= 0.6 is 15.9 Å². The minimum atomic E-state index is -0.914. The second-order valence-electron chi connectivity index (χ2n) is 5.54. The van der Waals surface area contributed by atoms with Crippen LogP contribution in [0.4, 0.5) is 8.78 Å². The zero-order chi connectivity index (χ0) is 14.6. The third kappa shape index (κ3) is 3.78. The summed E-state index contributed by atoms with van der Waals surface area (Å²) in [6.07, 6.45) is 4.71. The normalized spacial score (nSPS) is 17.1. The van der Waals surface area contributed by atoms with E-state index in [0.29, 0.717) is 12.1 Å². The van der Waals surface area contributed by atoms with Gasteiger partial charge in [0.25, 0.3) is 0 Å². The van der Waals surface area contributed by atoms with Crippen molar-refractivity contribution in [3.8, 4) is 0 Å². The van der Waals surface area contributed by atoms with Crippen molar-refractivity contribution in [1.82, 2.24) is 5.32 Å². The fourth-order valence-electron chi connectivity index (χ4n) is 2.67. The molecule has 0 aromatic heterocycles. The first-order chi connectivity index (χ1) is 9.54. The van der Waals surface area contributed by atoms with E-state index in [2.05, 4.69) is 21.2 Å². The van der Waals surface area contributed by atoms with Gasteiger partial charge in [0.1, 0.15) is 0 Å². The van der Waals surface area contributed by atoms with Crippen molar-refractivity contribution in [1.29, 1.82) is 0 Å². The van der Waals surface area contributed by atoms with Gasteiger partial charge >= 0.3 is 0 Å². The molecular weight excluding hydrogens is 328 g/mol. The summed E-state index contributed by atoms with van der Waals surface area (Å²) in [5.74, 6) is -1.95. The van der Waals surface area contributed by atoms with E-state index < -0.39 is 11.6 Å². The number of hydrogen-bond acceptors (Lipinski definition) is 1. The Kier molecular flexibility index (Phi) is 5.13. The van der Waals surface area contributed by atoms with Gasteiger partial charge in [-0.25, -0.2) is 8.78 Å². The van der Waals surface area contributed by atoms with Gasteiger partial charge in [-0.15, -0.1) is 0 Å². The maximum absolute atomic E-state index is 13.1. The Bertz CT molecular complexity index is 487. The molecule has 5 heteroatoms. The number of amides is 1. The minimum absolute atomic E-state index is 0.0789. The minimum Gasteiger partial charge on any atom is -0.355 e. The summed E-state index contributed by atoms with van der Waals surface area (Å²) in [5.41, 5.74) is 0.643. The van der Waals surface area contributed by atoms with Gasteiger partial charge < -0.3 is 5.32 Å². The Hall–Kier alpha value is -0.970. The molecule has 1 fully saturated rings. The van der Waals surface area contributed by atoms with E-state index in [1.165, 1.54) is 18.9 Å². The Labute approximate surface area is 126 Å². The topological polar surface area (TPSA) is 29.1 Å². The van der Waals surface area contributed by atoms with Gasteiger partial charge in [-0.1, -0.05) is 34.8 Å². The zero-order valence-electron chi connectivity index (χ0n) is 11.2. The molecule has 1 saturated carbocycles. The molecule has 2 nitrogen and oxygen atoms in total. The lowest BCUT2D eigenvalue weighted by Crippen LogP contribution is -2.37. The van der Waals surface area contributed by atoms with Gasteiger partial charge in [0.2, 0.25) is 5.91 Å². The molecule has 0 saturated heterocycles. The third-order valence-corrected chi connectivity index (χ3v) is 5.15. The van der Waals surface area contributed by atoms with Crippen molar-refractivity contribution in [2.24, 2.45) is 5.41 Å². The van der Waals surface area contributed by atoms with E-state index in [1.807, 2.05) is 0 Å². The molecule has 1 aromatic rings. The maximum atomic E-state index is 13.1. The van der Waals surface area contributed by atoms with E-state index in [-0.39, 0.29) is 17.7 Å². The second kappa shape index (κ2) is 6.66. The van der Waals surface area contributed by atoms with E-state index >= 15 is 0 Å². The molecule has 0 heterocycles. The molecule has 1 amide bonds. The molecule has 0 spiro atoms. The van der Waals surface area contributed by atoms with E-state index in [4.69, 9.17) is 0 Å². The molecule has 1 aliphatic rings. The predicted octanol–water partition coefficient (Wildman–Crippen LogP) is 3.58. The Morgan fingerprint density at radius 2 is 1.95 bits per heavy atom. The molecule has 0 atom stereocenters. The van der Waals surface area contributed by atoms with Crippen LogP contribution in [0.5, 0.6) is 0 Å². The van der Waals surface area contributed by atoms with Crippen LogP contribution in [-0.4, -0.2) is 17.8 Å². The molecule has 110 valence electrons. The fourth-order valence-corrected chi connectivity index (χ4v) is 3.43. The first kappa shape index (κ1) is 15.4. The van der Waals surface area contributed by atoms with Gasteiger partial charge in [-0.2, -0.15) is 0 Å². The van der Waals surface area contributed by atoms with Gasteiger partial charge in [0.15, 0.2) is 11.6 Å². The number of alkyl halides is 1. The molecular formula is C15H18BrF2NO. The number of carbonyl (C=O) groups excluding carboxylic acids is 1. The van der Waals surface area contributed by atoms with Crippen LogP contribution in [0.15, 0.2) is 18.2 Å². The summed E-state index contributed by atoms with van der Waals surface area (Å²) < 4.78 is 25.9. The highest BCUT2D eigenvalue weighted by molar-refractivity contribution is 9.09. The van der Waals surface area contributed by atoms with Crippen molar-refractivity contribution < 1.29 is 13.6 Å². The summed E-state index contributed by atoms with van der Waals surface area (Å²) in [6, 6.07) is 3.56. The number of benzene rings is 1. The summed E-state index contributed by atoms with van der Waals surface area (Å²) in [4.78, 5) is 11.9. The summed E-state index contributed by atoms with van der Waals surface area (Å²) in [6.45, 7) is 0.640. The second-order valence-corrected chi connectivity index (χ2v) is 6.10. The molecule has 1 N–H and O–H groups in total. The van der Waals surface area contributed by atoms with Crippen LogP contribution in [0.3, 0.4) is 0 Å². The molecule has 0 bridgehead atoms. The molecule has 1 aromatic carbocycles. The van der Waals surface area contributed by atoms with Crippen molar-refractivity contribution in [3.05, 3.63) is 35.4 Å². The van der Waals surface area contributed by atoms with Gasteiger partial charge in [-0.05, 0) is 36.0 Å². The smallest absolute Gasteiger partial charge is 0.224 e. The number of nitrogens with one attached hydrogen (secondary N) is 1. The average molecular weight is 346 g/mol. The number of hydrogen-bond donors (Lipinski definition) is 1. The lowest BCUT2D eigenvalue weighted by Gasteiger charge is -2.26. The fraction of sp³-hybridized carbons (Fsp3) is 0.533. The highest BCUT2D eigenvalue weighted by atomic mass is 79.9.